The standard InChI is InChI=1S/C22H21FN8O2S/c1-15(16-7-9-17(10-8-16)34(32,33)24-2)29-30-20-13-21(31-12-11-25-14-31)28-22(27-20)26-19-6-4-3-5-18(19)23/h3-14,24H,1-2H3,(H2,26,27,28,30). The molecule has 0 atom stereocenters. The molecule has 10 nitrogen and oxygen atoms in total. The minimum absolute atomic E-state index is 0.157. The van der Waals surface area contributed by atoms with Gasteiger partial charge in [-0.3, -0.25) is 9.99 Å². The molecule has 4 aromatic rings. The van der Waals surface area contributed by atoms with Crippen molar-refractivity contribution in [2.45, 2.75) is 11.8 Å². The van der Waals surface area contributed by atoms with Gasteiger partial charge in [-0.25, -0.2) is 22.5 Å². The van der Waals surface area contributed by atoms with Crippen LogP contribution in [0.25, 0.3) is 5.82 Å². The van der Waals surface area contributed by atoms with Crippen molar-refractivity contribution in [1.82, 2.24) is 24.2 Å². The summed E-state index contributed by atoms with van der Waals surface area (Å²) in [5.41, 5.74) is 4.43. The van der Waals surface area contributed by atoms with Crippen molar-refractivity contribution in [2.75, 3.05) is 17.8 Å². The molecule has 0 fully saturated rings. The zero-order chi connectivity index (χ0) is 24.1. The Morgan fingerprint density at radius 3 is 2.53 bits per heavy atom. The van der Waals surface area contributed by atoms with E-state index in [1.165, 1.54) is 25.2 Å². The van der Waals surface area contributed by atoms with Gasteiger partial charge in [-0.2, -0.15) is 15.1 Å². The Labute approximate surface area is 195 Å². The summed E-state index contributed by atoms with van der Waals surface area (Å²) in [6.45, 7) is 1.77. The van der Waals surface area contributed by atoms with Crippen LogP contribution in [0.1, 0.15) is 12.5 Å². The van der Waals surface area contributed by atoms with Crippen LogP contribution < -0.4 is 15.5 Å². The molecule has 0 aliphatic rings. The summed E-state index contributed by atoms with van der Waals surface area (Å²) in [7, 11) is -2.16. The number of anilines is 3. The number of aromatic nitrogens is 4. The lowest BCUT2D eigenvalue weighted by atomic mass is 10.1. The smallest absolute Gasteiger partial charge is 0.240 e. The van der Waals surface area contributed by atoms with Crippen LogP contribution in [-0.2, 0) is 10.0 Å². The fourth-order valence-corrected chi connectivity index (χ4v) is 3.69. The molecule has 0 unspecified atom stereocenters. The number of rotatable bonds is 8. The lowest BCUT2D eigenvalue weighted by Crippen LogP contribution is -2.18. The van der Waals surface area contributed by atoms with E-state index in [1.807, 2.05) is 0 Å². The van der Waals surface area contributed by atoms with E-state index in [1.54, 1.807) is 66.6 Å². The summed E-state index contributed by atoms with van der Waals surface area (Å²) in [6, 6.07) is 14.2. The first kappa shape index (κ1) is 23.0. The lowest BCUT2D eigenvalue weighted by molar-refractivity contribution is 0.588. The average Bonchev–Trinajstić information content (AvgIpc) is 3.39. The highest BCUT2D eigenvalue weighted by Gasteiger charge is 2.12. The fourth-order valence-electron chi connectivity index (χ4n) is 2.96. The molecule has 0 spiro atoms. The fraction of sp³-hybridized carbons (Fsp3) is 0.0909. The molecule has 3 N–H and O–H groups in total. The number of hydrogen-bond donors (Lipinski definition) is 3. The van der Waals surface area contributed by atoms with Gasteiger partial charge in [-0.15, -0.1) is 0 Å². The van der Waals surface area contributed by atoms with Crippen molar-refractivity contribution >= 4 is 33.2 Å². The molecule has 4 rings (SSSR count). The Morgan fingerprint density at radius 2 is 1.85 bits per heavy atom. The van der Waals surface area contributed by atoms with E-state index in [0.717, 1.165) is 5.56 Å². The van der Waals surface area contributed by atoms with E-state index in [9.17, 15) is 12.8 Å². The Kier molecular flexibility index (Phi) is 6.61. The minimum Gasteiger partial charge on any atom is -0.322 e. The minimum atomic E-state index is -3.52. The average molecular weight is 481 g/mol. The summed E-state index contributed by atoms with van der Waals surface area (Å²) in [6.07, 6.45) is 4.90. The van der Waals surface area contributed by atoms with E-state index >= 15 is 0 Å². The van der Waals surface area contributed by atoms with Crippen molar-refractivity contribution in [3.05, 3.63) is 84.7 Å². The second-order valence-corrected chi connectivity index (χ2v) is 8.94. The predicted octanol–water partition coefficient (Wildman–Crippen LogP) is 3.29. The van der Waals surface area contributed by atoms with Crippen LogP contribution in [0.5, 0.6) is 0 Å². The summed E-state index contributed by atoms with van der Waals surface area (Å²) in [5.74, 6) is 0.564. The molecule has 0 aliphatic carbocycles. The number of para-hydroxylation sites is 1. The molecule has 12 heteroatoms. The zero-order valence-corrected chi connectivity index (χ0v) is 19.1. The summed E-state index contributed by atoms with van der Waals surface area (Å²) in [4.78, 5) is 13.0. The van der Waals surface area contributed by atoms with Crippen LogP contribution in [0.3, 0.4) is 0 Å². The van der Waals surface area contributed by atoms with Crippen molar-refractivity contribution in [2.24, 2.45) is 5.10 Å². The maximum atomic E-state index is 14.1. The molecule has 0 bridgehead atoms. The van der Waals surface area contributed by atoms with Crippen molar-refractivity contribution in [3.63, 3.8) is 0 Å². The Hall–Kier alpha value is -4.16. The molecule has 0 amide bonds. The maximum Gasteiger partial charge on any atom is 0.240 e. The van der Waals surface area contributed by atoms with Crippen LogP contribution >= 0.6 is 0 Å². The normalized spacial score (nSPS) is 11.9. The van der Waals surface area contributed by atoms with Crippen LogP contribution in [0.2, 0.25) is 0 Å². The van der Waals surface area contributed by atoms with Crippen molar-refractivity contribution in [1.29, 1.82) is 0 Å². The topological polar surface area (TPSA) is 126 Å². The molecule has 0 aliphatic heterocycles. The third kappa shape index (κ3) is 5.24. The van der Waals surface area contributed by atoms with Gasteiger partial charge in [0.25, 0.3) is 0 Å². The number of benzene rings is 2. The monoisotopic (exact) mass is 480 g/mol. The number of sulfonamides is 1. The van der Waals surface area contributed by atoms with Crippen LogP contribution in [-0.4, -0.2) is 40.7 Å². The Bertz CT molecular complexity index is 1420. The number of hydrazone groups is 1. The maximum absolute atomic E-state index is 14.1. The second kappa shape index (κ2) is 9.77. The second-order valence-electron chi connectivity index (χ2n) is 7.05. The van der Waals surface area contributed by atoms with Gasteiger partial charge in [0.05, 0.1) is 16.3 Å². The molecule has 2 heterocycles. The van der Waals surface area contributed by atoms with Gasteiger partial charge in [0.15, 0.2) is 5.82 Å². The number of halogens is 1. The first-order chi connectivity index (χ1) is 16.4. The third-order valence-corrected chi connectivity index (χ3v) is 6.22. The third-order valence-electron chi connectivity index (χ3n) is 4.79. The highest BCUT2D eigenvalue weighted by Crippen LogP contribution is 2.20. The molecule has 0 saturated heterocycles. The van der Waals surface area contributed by atoms with E-state index in [2.05, 4.69) is 35.5 Å². The summed E-state index contributed by atoms with van der Waals surface area (Å²) < 4.78 is 41.9. The van der Waals surface area contributed by atoms with Gasteiger partial charge in [0.1, 0.15) is 18.0 Å². The predicted molar refractivity (Wildman–Crippen MR) is 127 cm³/mol. The molecule has 2 aromatic heterocycles. The van der Waals surface area contributed by atoms with E-state index in [4.69, 9.17) is 0 Å². The molecule has 0 saturated carbocycles. The number of nitrogens with zero attached hydrogens (tertiary/aromatic N) is 5. The Morgan fingerprint density at radius 1 is 1.09 bits per heavy atom. The highest BCUT2D eigenvalue weighted by atomic mass is 32.2. The number of nitrogens with one attached hydrogen (secondary N) is 3. The molecular weight excluding hydrogens is 459 g/mol. The quantitative estimate of drug-likeness (QED) is 0.261. The van der Waals surface area contributed by atoms with Gasteiger partial charge >= 0.3 is 0 Å². The molecule has 2 aromatic carbocycles. The summed E-state index contributed by atoms with van der Waals surface area (Å²) >= 11 is 0. The van der Waals surface area contributed by atoms with E-state index in [-0.39, 0.29) is 16.5 Å². The SMILES string of the molecule is CNS(=O)(=O)c1ccc(C(C)=NNc2cc(-n3ccnc3)nc(Nc3ccccc3F)n2)cc1. The van der Waals surface area contributed by atoms with Gasteiger partial charge < -0.3 is 5.32 Å². The first-order valence-electron chi connectivity index (χ1n) is 10.1. The van der Waals surface area contributed by atoms with E-state index < -0.39 is 15.8 Å². The molecule has 0 radical (unpaired) electrons. The number of hydrogen-bond acceptors (Lipinski definition) is 8. The van der Waals surface area contributed by atoms with Gasteiger partial charge in [0, 0.05) is 18.5 Å². The molecule has 174 valence electrons. The van der Waals surface area contributed by atoms with Gasteiger partial charge in [-0.05, 0) is 43.8 Å². The summed E-state index contributed by atoms with van der Waals surface area (Å²) in [5, 5.41) is 7.23. The first-order valence-corrected chi connectivity index (χ1v) is 11.6. The van der Waals surface area contributed by atoms with Gasteiger partial charge in [0.2, 0.25) is 16.0 Å². The van der Waals surface area contributed by atoms with Gasteiger partial charge in [-0.1, -0.05) is 24.3 Å². The number of imidazole rings is 1. The van der Waals surface area contributed by atoms with E-state index in [0.29, 0.717) is 17.3 Å². The lowest BCUT2D eigenvalue weighted by Gasteiger charge is -2.11. The van der Waals surface area contributed by atoms with Crippen LogP contribution in [0.15, 0.2) is 83.3 Å². The molecule has 34 heavy (non-hydrogen) atoms. The van der Waals surface area contributed by atoms with Crippen LogP contribution in [0.4, 0.5) is 21.8 Å². The van der Waals surface area contributed by atoms with Crippen LogP contribution in [0, 0.1) is 5.82 Å². The Balaban J connectivity index is 1.61. The van der Waals surface area contributed by atoms with Crippen molar-refractivity contribution in [3.8, 4) is 5.82 Å². The van der Waals surface area contributed by atoms with Crippen molar-refractivity contribution < 1.29 is 12.8 Å². The zero-order valence-electron chi connectivity index (χ0n) is 18.3. The largest absolute Gasteiger partial charge is 0.322 e. The molecular formula is C22H21FN8O2S. The highest BCUT2D eigenvalue weighted by molar-refractivity contribution is 7.89.